The first-order chi connectivity index (χ1) is 11.3. The van der Waals surface area contributed by atoms with E-state index in [9.17, 15) is 18.0 Å². The number of allylic oxidation sites excluding steroid dienone is 1. The van der Waals surface area contributed by atoms with Gasteiger partial charge >= 0.3 is 6.18 Å². The highest BCUT2D eigenvalue weighted by Gasteiger charge is 2.31. The Morgan fingerprint density at radius 2 is 1.96 bits per heavy atom. The Hall–Kier alpha value is -2.08. The lowest BCUT2D eigenvalue weighted by atomic mass is 10.1. The lowest BCUT2D eigenvalue weighted by Gasteiger charge is -2.07. The summed E-state index contributed by atoms with van der Waals surface area (Å²) in [6.45, 7) is 0. The lowest BCUT2D eigenvalue weighted by Crippen LogP contribution is -2.04. The molecule has 0 aliphatic heterocycles. The minimum atomic E-state index is -4.41. The summed E-state index contributed by atoms with van der Waals surface area (Å²) >= 11 is 3.37. The van der Waals surface area contributed by atoms with E-state index in [-0.39, 0.29) is 5.78 Å². The highest BCUT2D eigenvalue weighted by atomic mass is 79.9. The highest BCUT2D eigenvalue weighted by Crippen LogP contribution is 2.36. The van der Waals surface area contributed by atoms with Crippen LogP contribution >= 0.6 is 15.9 Å². The van der Waals surface area contributed by atoms with Gasteiger partial charge in [0.2, 0.25) is 0 Å². The predicted molar refractivity (Wildman–Crippen MR) is 88.1 cm³/mol. The van der Waals surface area contributed by atoms with E-state index in [0.717, 1.165) is 22.2 Å². The van der Waals surface area contributed by atoms with Crippen LogP contribution in [0.2, 0.25) is 0 Å². The van der Waals surface area contributed by atoms with Gasteiger partial charge in [0.05, 0.1) is 17.1 Å². The summed E-state index contributed by atoms with van der Waals surface area (Å²) in [6.07, 6.45) is -2.51. The Balaban J connectivity index is 1.97. The van der Waals surface area contributed by atoms with Crippen LogP contribution in [-0.4, -0.2) is 12.9 Å². The largest absolute Gasteiger partial charge is 0.496 e. The zero-order chi connectivity index (χ0) is 17.5. The maximum Gasteiger partial charge on any atom is 0.416 e. The molecule has 124 valence electrons. The van der Waals surface area contributed by atoms with Gasteiger partial charge in [-0.25, -0.2) is 0 Å². The molecule has 0 saturated heterocycles. The Labute approximate surface area is 145 Å². The number of rotatable bonds is 2. The lowest BCUT2D eigenvalue weighted by molar-refractivity contribution is -0.137. The topological polar surface area (TPSA) is 26.3 Å². The number of hydrogen-bond acceptors (Lipinski definition) is 2. The molecule has 0 atom stereocenters. The van der Waals surface area contributed by atoms with E-state index in [1.54, 1.807) is 18.2 Å². The van der Waals surface area contributed by atoms with Crippen LogP contribution in [0.25, 0.3) is 6.08 Å². The molecule has 0 spiro atoms. The zero-order valence-electron chi connectivity index (χ0n) is 12.6. The van der Waals surface area contributed by atoms with Gasteiger partial charge in [-0.1, -0.05) is 12.1 Å². The van der Waals surface area contributed by atoms with Crippen LogP contribution in [0.4, 0.5) is 13.2 Å². The quantitative estimate of drug-likeness (QED) is 0.643. The summed E-state index contributed by atoms with van der Waals surface area (Å²) in [5.41, 5.74) is 1.43. The van der Waals surface area contributed by atoms with Crippen molar-refractivity contribution in [2.24, 2.45) is 0 Å². The molecule has 2 nitrogen and oxygen atoms in total. The van der Waals surface area contributed by atoms with Crippen molar-refractivity contribution in [1.82, 2.24) is 0 Å². The maximum absolute atomic E-state index is 12.8. The van der Waals surface area contributed by atoms with Crippen molar-refractivity contribution >= 4 is 27.8 Å². The van der Waals surface area contributed by atoms with Crippen molar-refractivity contribution < 1.29 is 22.7 Å². The number of ether oxygens (including phenoxy) is 1. The number of hydrogen-bond donors (Lipinski definition) is 0. The van der Waals surface area contributed by atoms with Crippen LogP contribution in [0.1, 0.15) is 27.0 Å². The van der Waals surface area contributed by atoms with Crippen molar-refractivity contribution in [3.8, 4) is 5.75 Å². The molecule has 0 saturated carbocycles. The second kappa shape index (κ2) is 6.09. The van der Waals surface area contributed by atoms with E-state index in [0.29, 0.717) is 28.9 Å². The van der Waals surface area contributed by atoms with E-state index in [2.05, 4.69) is 15.9 Å². The third-order valence-corrected chi connectivity index (χ3v) is 4.47. The number of carbonyl (C=O) groups is 1. The summed E-state index contributed by atoms with van der Waals surface area (Å²) in [4.78, 5) is 12.5. The molecule has 0 radical (unpaired) electrons. The maximum atomic E-state index is 12.8. The summed E-state index contributed by atoms with van der Waals surface area (Å²) in [5, 5.41) is 0. The summed E-state index contributed by atoms with van der Waals surface area (Å²) in [5.74, 6) is 0.357. The average molecular weight is 397 g/mol. The highest BCUT2D eigenvalue weighted by molar-refractivity contribution is 9.10. The van der Waals surface area contributed by atoms with E-state index in [4.69, 9.17) is 4.74 Å². The first kappa shape index (κ1) is 16.8. The molecule has 0 unspecified atom stereocenters. The van der Waals surface area contributed by atoms with Gasteiger partial charge in [-0.05, 0) is 57.4 Å². The van der Waals surface area contributed by atoms with Gasteiger partial charge in [0.1, 0.15) is 5.75 Å². The average Bonchev–Trinajstić information content (AvgIpc) is 2.81. The Kier molecular flexibility index (Phi) is 4.25. The van der Waals surface area contributed by atoms with Crippen LogP contribution in [0, 0.1) is 0 Å². The third-order valence-electron chi connectivity index (χ3n) is 3.85. The minimum Gasteiger partial charge on any atom is -0.496 e. The van der Waals surface area contributed by atoms with Crippen LogP contribution in [0.15, 0.2) is 46.4 Å². The predicted octanol–water partition coefficient (Wildman–Crippen LogP) is 5.30. The summed E-state index contributed by atoms with van der Waals surface area (Å²) in [7, 11) is 1.51. The molecule has 0 bridgehead atoms. The fourth-order valence-electron chi connectivity index (χ4n) is 2.69. The normalized spacial score (nSPS) is 15.7. The minimum absolute atomic E-state index is 0.187. The molecule has 0 heterocycles. The molecule has 2 aromatic carbocycles. The van der Waals surface area contributed by atoms with Crippen molar-refractivity contribution in [1.29, 1.82) is 0 Å². The number of halogens is 4. The smallest absolute Gasteiger partial charge is 0.416 e. The molecule has 0 fully saturated rings. The van der Waals surface area contributed by atoms with Gasteiger partial charge in [0, 0.05) is 17.6 Å². The van der Waals surface area contributed by atoms with Crippen molar-refractivity contribution in [3.05, 3.63) is 68.7 Å². The first-order valence-electron chi connectivity index (χ1n) is 7.08. The van der Waals surface area contributed by atoms with E-state index in [1.165, 1.54) is 19.3 Å². The molecule has 3 rings (SSSR count). The molecular formula is C18H12BrF3O2. The number of alkyl halides is 3. The van der Waals surface area contributed by atoms with Gasteiger partial charge in [-0.2, -0.15) is 13.2 Å². The van der Waals surface area contributed by atoms with Crippen LogP contribution in [-0.2, 0) is 12.6 Å². The van der Waals surface area contributed by atoms with E-state index in [1.807, 2.05) is 0 Å². The second-order valence-corrected chi connectivity index (χ2v) is 6.30. The Morgan fingerprint density at radius 3 is 2.62 bits per heavy atom. The summed E-state index contributed by atoms with van der Waals surface area (Å²) in [6, 6.07) is 8.39. The SMILES string of the molecule is COc1cc2c(cc1Br)CC(=Cc1cccc(C(F)(F)F)c1)C2=O. The number of methoxy groups -OCH3 is 1. The van der Waals surface area contributed by atoms with Crippen molar-refractivity contribution in [2.45, 2.75) is 12.6 Å². The molecule has 0 amide bonds. The standard InChI is InChI=1S/C18H12BrF3O2/c1-24-16-9-14-11(8-15(16)19)7-12(17(14)23)5-10-3-2-4-13(6-10)18(20,21)22/h2-6,8-9H,7H2,1H3. The number of fused-ring (bicyclic) bond motifs is 1. The fourth-order valence-corrected chi connectivity index (χ4v) is 3.24. The third kappa shape index (κ3) is 3.11. The monoisotopic (exact) mass is 396 g/mol. The van der Waals surface area contributed by atoms with Gasteiger partial charge in [0.15, 0.2) is 5.78 Å². The van der Waals surface area contributed by atoms with Gasteiger partial charge < -0.3 is 4.74 Å². The Morgan fingerprint density at radius 1 is 1.21 bits per heavy atom. The zero-order valence-corrected chi connectivity index (χ0v) is 14.2. The molecular weight excluding hydrogens is 385 g/mol. The van der Waals surface area contributed by atoms with Gasteiger partial charge in [0.25, 0.3) is 0 Å². The Bertz CT molecular complexity index is 854. The number of Topliss-reactive ketones (excluding diaryl/α,β-unsaturated/α-hetero) is 1. The first-order valence-corrected chi connectivity index (χ1v) is 7.88. The number of ketones is 1. The number of benzene rings is 2. The molecule has 6 heteroatoms. The number of carbonyl (C=O) groups excluding carboxylic acids is 1. The molecule has 1 aliphatic carbocycles. The second-order valence-electron chi connectivity index (χ2n) is 5.44. The van der Waals surface area contributed by atoms with Crippen molar-refractivity contribution in [2.75, 3.05) is 7.11 Å². The van der Waals surface area contributed by atoms with Gasteiger partial charge in [-0.15, -0.1) is 0 Å². The van der Waals surface area contributed by atoms with E-state index < -0.39 is 11.7 Å². The van der Waals surface area contributed by atoms with E-state index >= 15 is 0 Å². The molecule has 0 aromatic heterocycles. The summed E-state index contributed by atoms with van der Waals surface area (Å²) < 4.78 is 44.3. The molecule has 2 aromatic rings. The van der Waals surface area contributed by atoms with Crippen LogP contribution in [0.3, 0.4) is 0 Å². The van der Waals surface area contributed by atoms with Crippen molar-refractivity contribution in [3.63, 3.8) is 0 Å². The van der Waals surface area contributed by atoms with Crippen LogP contribution in [0.5, 0.6) is 5.75 Å². The fraction of sp³-hybridized carbons (Fsp3) is 0.167. The molecule has 24 heavy (non-hydrogen) atoms. The van der Waals surface area contributed by atoms with Gasteiger partial charge in [-0.3, -0.25) is 4.79 Å². The van der Waals surface area contributed by atoms with Crippen LogP contribution < -0.4 is 4.74 Å². The molecule has 0 N–H and O–H groups in total. The molecule has 1 aliphatic rings.